The minimum atomic E-state index is -0.110. The lowest BCUT2D eigenvalue weighted by molar-refractivity contribution is 0.240. The number of aromatic nitrogens is 2. The predicted molar refractivity (Wildman–Crippen MR) is 83.0 cm³/mol. The maximum Gasteiger partial charge on any atom is 0.315 e. The highest BCUT2D eigenvalue weighted by Gasteiger charge is 2.17. The first kappa shape index (κ1) is 15.2. The van der Waals surface area contributed by atoms with E-state index in [9.17, 15) is 4.79 Å². The van der Waals surface area contributed by atoms with Crippen molar-refractivity contribution in [1.82, 2.24) is 20.4 Å². The second-order valence-electron chi connectivity index (χ2n) is 5.18. The van der Waals surface area contributed by atoms with Crippen LogP contribution in [0.15, 0.2) is 12.3 Å². The molecule has 0 saturated heterocycles. The summed E-state index contributed by atoms with van der Waals surface area (Å²) in [6.07, 6.45) is 10.2. The topological polar surface area (TPSA) is 59.0 Å². The van der Waals surface area contributed by atoms with Crippen LogP contribution in [0.1, 0.15) is 43.8 Å². The highest BCUT2D eigenvalue weighted by molar-refractivity contribution is 7.98. The Hall–Kier alpha value is -1.17. The molecule has 0 atom stereocenters. The van der Waals surface area contributed by atoms with Gasteiger partial charge in [-0.3, -0.25) is 4.68 Å². The Bertz CT molecular complexity index is 415. The van der Waals surface area contributed by atoms with Crippen LogP contribution in [0, 0.1) is 0 Å². The van der Waals surface area contributed by atoms with E-state index in [0.29, 0.717) is 12.6 Å². The molecule has 1 heterocycles. The third kappa shape index (κ3) is 4.74. The zero-order chi connectivity index (χ0) is 14.2. The number of rotatable bonds is 7. The predicted octanol–water partition coefficient (Wildman–Crippen LogP) is 2.55. The Kier molecular flexibility index (Phi) is 6.24. The van der Waals surface area contributed by atoms with Crippen LogP contribution in [0.2, 0.25) is 0 Å². The molecule has 1 aliphatic rings. The molecule has 0 radical (unpaired) electrons. The Morgan fingerprint density at radius 3 is 3.00 bits per heavy atom. The number of nitrogens with one attached hydrogen (secondary N) is 2. The van der Waals surface area contributed by atoms with Gasteiger partial charge in [0.2, 0.25) is 0 Å². The summed E-state index contributed by atoms with van der Waals surface area (Å²) < 4.78 is 2.06. The van der Waals surface area contributed by atoms with E-state index in [1.54, 1.807) is 11.8 Å². The van der Waals surface area contributed by atoms with Gasteiger partial charge in [-0.2, -0.15) is 16.9 Å². The van der Waals surface area contributed by atoms with E-state index in [1.165, 1.54) is 25.7 Å². The van der Waals surface area contributed by atoms with Gasteiger partial charge in [0, 0.05) is 12.7 Å². The van der Waals surface area contributed by atoms with Crippen molar-refractivity contribution in [3.8, 4) is 0 Å². The summed E-state index contributed by atoms with van der Waals surface area (Å²) in [6.45, 7) is 1.22. The van der Waals surface area contributed by atoms with Crippen LogP contribution in [-0.2, 0) is 6.54 Å². The standard InChI is InChI=1S/C14H24N4OS/c1-20-10-4-8-15-14(19)16-11-12-7-9-18(17-12)13-5-2-3-6-13/h7,9,13H,2-6,8,10-11H2,1H3,(H2,15,16,19). The van der Waals surface area contributed by atoms with E-state index in [1.807, 2.05) is 12.3 Å². The van der Waals surface area contributed by atoms with Crippen molar-refractivity contribution in [2.24, 2.45) is 0 Å². The number of thioether (sulfide) groups is 1. The van der Waals surface area contributed by atoms with Crippen LogP contribution in [-0.4, -0.2) is 34.4 Å². The minimum absolute atomic E-state index is 0.110. The first-order valence-electron chi connectivity index (χ1n) is 7.34. The lowest BCUT2D eigenvalue weighted by Crippen LogP contribution is -2.35. The van der Waals surface area contributed by atoms with E-state index in [0.717, 1.165) is 24.4 Å². The molecule has 2 amide bonds. The molecule has 0 aliphatic heterocycles. The van der Waals surface area contributed by atoms with Gasteiger partial charge in [0.15, 0.2) is 0 Å². The number of carbonyl (C=O) groups excluding carboxylic acids is 1. The van der Waals surface area contributed by atoms with Gasteiger partial charge < -0.3 is 10.6 Å². The molecule has 1 saturated carbocycles. The number of nitrogens with zero attached hydrogens (tertiary/aromatic N) is 2. The number of urea groups is 1. The summed E-state index contributed by atoms with van der Waals surface area (Å²) in [5, 5.41) is 10.2. The van der Waals surface area contributed by atoms with E-state index in [2.05, 4.69) is 26.7 Å². The second-order valence-corrected chi connectivity index (χ2v) is 6.17. The zero-order valence-corrected chi connectivity index (χ0v) is 12.9. The lowest BCUT2D eigenvalue weighted by Gasteiger charge is -2.09. The molecule has 112 valence electrons. The fourth-order valence-corrected chi connectivity index (χ4v) is 2.93. The maximum absolute atomic E-state index is 11.6. The molecule has 0 spiro atoms. The van der Waals surface area contributed by atoms with Crippen LogP contribution < -0.4 is 10.6 Å². The molecular weight excluding hydrogens is 272 g/mol. The molecule has 1 fully saturated rings. The van der Waals surface area contributed by atoms with Crippen molar-refractivity contribution in [2.75, 3.05) is 18.6 Å². The summed E-state index contributed by atoms with van der Waals surface area (Å²) in [5.74, 6) is 1.08. The molecule has 0 unspecified atom stereocenters. The molecule has 1 aromatic heterocycles. The molecule has 2 rings (SSSR count). The number of carbonyl (C=O) groups is 1. The van der Waals surface area contributed by atoms with Crippen LogP contribution in [0.25, 0.3) is 0 Å². The van der Waals surface area contributed by atoms with Gasteiger partial charge in [-0.05, 0) is 37.3 Å². The fraction of sp³-hybridized carbons (Fsp3) is 0.714. The molecule has 5 nitrogen and oxygen atoms in total. The van der Waals surface area contributed by atoms with Gasteiger partial charge in [-0.25, -0.2) is 4.79 Å². The third-order valence-corrected chi connectivity index (χ3v) is 4.30. The van der Waals surface area contributed by atoms with Gasteiger partial charge in [0.25, 0.3) is 0 Å². The van der Waals surface area contributed by atoms with Gasteiger partial charge in [-0.15, -0.1) is 0 Å². The van der Waals surface area contributed by atoms with Crippen molar-refractivity contribution < 1.29 is 4.79 Å². The van der Waals surface area contributed by atoms with Crippen molar-refractivity contribution in [3.63, 3.8) is 0 Å². The Labute approximate surface area is 124 Å². The fourth-order valence-electron chi connectivity index (χ4n) is 2.50. The Balaban J connectivity index is 1.67. The van der Waals surface area contributed by atoms with Gasteiger partial charge in [-0.1, -0.05) is 12.8 Å². The Morgan fingerprint density at radius 2 is 2.25 bits per heavy atom. The number of amides is 2. The summed E-state index contributed by atoms with van der Waals surface area (Å²) in [4.78, 5) is 11.6. The molecule has 1 aliphatic carbocycles. The summed E-state index contributed by atoms with van der Waals surface area (Å²) in [7, 11) is 0. The molecular formula is C14H24N4OS. The van der Waals surface area contributed by atoms with Crippen LogP contribution in [0.4, 0.5) is 4.79 Å². The van der Waals surface area contributed by atoms with Crippen LogP contribution in [0.3, 0.4) is 0 Å². The first-order chi connectivity index (χ1) is 9.79. The average Bonchev–Trinajstić information content (AvgIpc) is 3.11. The van der Waals surface area contributed by atoms with Gasteiger partial charge in [0.1, 0.15) is 0 Å². The lowest BCUT2D eigenvalue weighted by atomic mass is 10.3. The highest BCUT2D eigenvalue weighted by Crippen LogP contribution is 2.28. The van der Waals surface area contributed by atoms with Crippen LogP contribution in [0.5, 0.6) is 0 Å². The molecule has 2 N–H and O–H groups in total. The van der Waals surface area contributed by atoms with Crippen molar-refractivity contribution in [2.45, 2.75) is 44.7 Å². The van der Waals surface area contributed by atoms with Crippen molar-refractivity contribution in [3.05, 3.63) is 18.0 Å². The third-order valence-electron chi connectivity index (χ3n) is 3.60. The molecule has 0 bridgehead atoms. The minimum Gasteiger partial charge on any atom is -0.338 e. The molecule has 0 aromatic carbocycles. The smallest absolute Gasteiger partial charge is 0.315 e. The van der Waals surface area contributed by atoms with Gasteiger partial charge >= 0.3 is 6.03 Å². The second kappa shape index (κ2) is 8.19. The number of hydrogen-bond donors (Lipinski definition) is 2. The maximum atomic E-state index is 11.6. The van der Waals surface area contributed by atoms with E-state index in [-0.39, 0.29) is 6.03 Å². The summed E-state index contributed by atoms with van der Waals surface area (Å²) in [6, 6.07) is 2.44. The van der Waals surface area contributed by atoms with Crippen molar-refractivity contribution >= 4 is 17.8 Å². The normalized spacial score (nSPS) is 15.4. The highest BCUT2D eigenvalue weighted by atomic mass is 32.2. The summed E-state index contributed by atoms with van der Waals surface area (Å²) in [5.41, 5.74) is 0.927. The number of hydrogen-bond acceptors (Lipinski definition) is 3. The first-order valence-corrected chi connectivity index (χ1v) is 8.73. The zero-order valence-electron chi connectivity index (χ0n) is 12.1. The Morgan fingerprint density at radius 1 is 1.45 bits per heavy atom. The average molecular weight is 296 g/mol. The molecule has 1 aromatic rings. The van der Waals surface area contributed by atoms with E-state index < -0.39 is 0 Å². The molecule has 20 heavy (non-hydrogen) atoms. The molecule has 6 heteroatoms. The largest absolute Gasteiger partial charge is 0.338 e. The SMILES string of the molecule is CSCCCNC(=O)NCc1ccn(C2CCCC2)n1. The van der Waals surface area contributed by atoms with E-state index >= 15 is 0 Å². The van der Waals surface area contributed by atoms with Gasteiger partial charge in [0.05, 0.1) is 18.3 Å². The monoisotopic (exact) mass is 296 g/mol. The van der Waals surface area contributed by atoms with Crippen LogP contribution >= 0.6 is 11.8 Å². The van der Waals surface area contributed by atoms with Crippen molar-refractivity contribution in [1.29, 1.82) is 0 Å². The summed E-state index contributed by atoms with van der Waals surface area (Å²) >= 11 is 1.79. The van der Waals surface area contributed by atoms with E-state index in [4.69, 9.17) is 0 Å². The quantitative estimate of drug-likeness (QED) is 0.760.